The van der Waals surface area contributed by atoms with E-state index in [0.717, 1.165) is 23.6 Å². The van der Waals surface area contributed by atoms with E-state index in [1.54, 1.807) is 12.1 Å². The van der Waals surface area contributed by atoms with E-state index in [4.69, 9.17) is 11.6 Å². The Morgan fingerprint density at radius 3 is 2.44 bits per heavy atom. The lowest BCUT2D eigenvalue weighted by molar-refractivity contribution is 0.0954. The summed E-state index contributed by atoms with van der Waals surface area (Å²) in [6, 6.07) is 13.9. The lowest BCUT2D eigenvalue weighted by Crippen LogP contribution is -2.41. The molecular formula is C20H25ClN4O2. The predicted molar refractivity (Wildman–Crippen MR) is 110 cm³/mol. The van der Waals surface area contributed by atoms with Crippen LogP contribution < -0.4 is 16.0 Å². The number of benzene rings is 2. The van der Waals surface area contributed by atoms with Crippen molar-refractivity contribution >= 4 is 23.5 Å². The molecule has 0 bridgehead atoms. The minimum absolute atomic E-state index is 0.136. The Labute approximate surface area is 164 Å². The monoisotopic (exact) mass is 388 g/mol. The number of phenols is 1. The fourth-order valence-electron chi connectivity index (χ4n) is 2.40. The number of nitrogens with zero attached hydrogens (tertiary/aromatic N) is 1. The molecule has 0 atom stereocenters. The van der Waals surface area contributed by atoms with Crippen molar-refractivity contribution in [3.05, 3.63) is 64.7 Å². The van der Waals surface area contributed by atoms with E-state index in [2.05, 4.69) is 20.9 Å². The van der Waals surface area contributed by atoms with Crippen LogP contribution in [0.2, 0.25) is 5.02 Å². The van der Waals surface area contributed by atoms with Crippen LogP contribution in [0.15, 0.2) is 53.5 Å². The van der Waals surface area contributed by atoms with Crippen molar-refractivity contribution in [1.29, 1.82) is 0 Å². The van der Waals surface area contributed by atoms with E-state index in [9.17, 15) is 9.90 Å². The number of guanidine groups is 1. The molecule has 0 aliphatic carbocycles. The van der Waals surface area contributed by atoms with Crippen molar-refractivity contribution in [2.45, 2.75) is 13.3 Å². The highest BCUT2D eigenvalue weighted by atomic mass is 35.5. The Hall–Kier alpha value is -2.73. The zero-order chi connectivity index (χ0) is 19.5. The molecule has 2 aromatic rings. The van der Waals surface area contributed by atoms with E-state index in [0.29, 0.717) is 31.2 Å². The van der Waals surface area contributed by atoms with Gasteiger partial charge in [-0.1, -0.05) is 29.8 Å². The van der Waals surface area contributed by atoms with Crippen LogP contribution in [-0.4, -0.2) is 43.2 Å². The molecule has 0 saturated heterocycles. The SMILES string of the molecule is CCNC(=NCCc1ccccc1Cl)NCCNC(=O)c1ccc(O)cc1. The van der Waals surface area contributed by atoms with Gasteiger partial charge < -0.3 is 21.1 Å². The summed E-state index contributed by atoms with van der Waals surface area (Å²) in [6.45, 7) is 4.35. The number of aromatic hydroxyl groups is 1. The molecule has 2 aromatic carbocycles. The summed E-state index contributed by atoms with van der Waals surface area (Å²) in [5, 5.41) is 19.2. The Bertz CT molecular complexity index is 763. The highest BCUT2D eigenvalue weighted by Gasteiger charge is 2.05. The quantitative estimate of drug-likeness (QED) is 0.318. The fraction of sp³-hybridized carbons (Fsp3) is 0.300. The summed E-state index contributed by atoms with van der Waals surface area (Å²) in [4.78, 5) is 16.5. The van der Waals surface area contributed by atoms with Gasteiger partial charge in [-0.25, -0.2) is 0 Å². The van der Waals surface area contributed by atoms with Gasteiger partial charge in [0.1, 0.15) is 5.75 Å². The second-order valence-corrected chi connectivity index (χ2v) is 6.24. The number of hydrogen-bond donors (Lipinski definition) is 4. The molecule has 4 N–H and O–H groups in total. The van der Waals surface area contributed by atoms with Crippen LogP contribution in [0.3, 0.4) is 0 Å². The fourth-order valence-corrected chi connectivity index (χ4v) is 2.63. The molecule has 0 aromatic heterocycles. The van der Waals surface area contributed by atoms with Crippen LogP contribution in [0.25, 0.3) is 0 Å². The van der Waals surface area contributed by atoms with Gasteiger partial charge in [-0.05, 0) is 49.2 Å². The molecular weight excluding hydrogens is 364 g/mol. The highest BCUT2D eigenvalue weighted by Crippen LogP contribution is 2.15. The van der Waals surface area contributed by atoms with Gasteiger partial charge in [-0.2, -0.15) is 0 Å². The van der Waals surface area contributed by atoms with E-state index in [-0.39, 0.29) is 11.7 Å². The third-order valence-electron chi connectivity index (χ3n) is 3.79. The van der Waals surface area contributed by atoms with Crippen molar-refractivity contribution < 1.29 is 9.90 Å². The van der Waals surface area contributed by atoms with Crippen LogP contribution >= 0.6 is 11.6 Å². The van der Waals surface area contributed by atoms with Gasteiger partial charge in [-0.3, -0.25) is 9.79 Å². The molecule has 0 spiro atoms. The molecule has 0 unspecified atom stereocenters. The Morgan fingerprint density at radius 2 is 1.74 bits per heavy atom. The average Bonchev–Trinajstić information content (AvgIpc) is 2.67. The van der Waals surface area contributed by atoms with Gasteiger partial charge in [0, 0.05) is 36.8 Å². The maximum Gasteiger partial charge on any atom is 0.251 e. The number of halogens is 1. The third-order valence-corrected chi connectivity index (χ3v) is 4.15. The minimum Gasteiger partial charge on any atom is -0.508 e. The smallest absolute Gasteiger partial charge is 0.251 e. The number of aliphatic imine (C=N–C) groups is 1. The zero-order valence-electron chi connectivity index (χ0n) is 15.3. The first-order valence-corrected chi connectivity index (χ1v) is 9.30. The molecule has 0 aliphatic heterocycles. The highest BCUT2D eigenvalue weighted by molar-refractivity contribution is 6.31. The summed E-state index contributed by atoms with van der Waals surface area (Å²) >= 11 is 6.16. The summed E-state index contributed by atoms with van der Waals surface area (Å²) in [6.07, 6.45) is 0.758. The number of rotatable bonds is 8. The summed E-state index contributed by atoms with van der Waals surface area (Å²) < 4.78 is 0. The first-order chi connectivity index (χ1) is 13.1. The van der Waals surface area contributed by atoms with Crippen molar-refractivity contribution in [2.24, 2.45) is 4.99 Å². The molecule has 7 heteroatoms. The first-order valence-electron chi connectivity index (χ1n) is 8.93. The number of carbonyl (C=O) groups excluding carboxylic acids is 1. The molecule has 1 amide bonds. The van der Waals surface area contributed by atoms with Crippen LogP contribution in [0.4, 0.5) is 0 Å². The van der Waals surface area contributed by atoms with Crippen LogP contribution in [0.1, 0.15) is 22.8 Å². The number of amides is 1. The van der Waals surface area contributed by atoms with E-state index in [1.807, 2.05) is 31.2 Å². The first kappa shape index (κ1) is 20.6. The van der Waals surface area contributed by atoms with Gasteiger partial charge >= 0.3 is 0 Å². The third kappa shape index (κ3) is 7.19. The molecule has 144 valence electrons. The van der Waals surface area contributed by atoms with Crippen LogP contribution in [-0.2, 0) is 6.42 Å². The Morgan fingerprint density at radius 1 is 1.04 bits per heavy atom. The maximum atomic E-state index is 12.0. The maximum absolute atomic E-state index is 12.0. The molecule has 2 rings (SSSR count). The standard InChI is InChI=1S/C20H25ClN4O2/c1-2-22-20(24-12-11-15-5-3-4-6-18(15)21)25-14-13-23-19(27)16-7-9-17(26)10-8-16/h3-10,26H,2,11-14H2,1H3,(H,23,27)(H2,22,24,25). The number of hydrogen-bond acceptors (Lipinski definition) is 3. The number of nitrogens with one attached hydrogen (secondary N) is 3. The van der Waals surface area contributed by atoms with Gasteiger partial charge in [-0.15, -0.1) is 0 Å². The molecule has 0 heterocycles. The summed E-state index contributed by atoms with van der Waals surface area (Å²) in [5.41, 5.74) is 1.58. The summed E-state index contributed by atoms with van der Waals surface area (Å²) in [7, 11) is 0. The average molecular weight is 389 g/mol. The predicted octanol–water partition coefficient (Wildman–Crippen LogP) is 2.57. The van der Waals surface area contributed by atoms with Crippen molar-refractivity contribution in [2.75, 3.05) is 26.2 Å². The largest absolute Gasteiger partial charge is 0.508 e. The van der Waals surface area contributed by atoms with Crippen LogP contribution in [0, 0.1) is 0 Å². The van der Waals surface area contributed by atoms with Gasteiger partial charge in [0.15, 0.2) is 5.96 Å². The van der Waals surface area contributed by atoms with Crippen molar-refractivity contribution in [1.82, 2.24) is 16.0 Å². The molecule has 0 saturated carbocycles. The van der Waals surface area contributed by atoms with Crippen molar-refractivity contribution in [3.8, 4) is 5.75 Å². The number of carbonyl (C=O) groups is 1. The number of phenolic OH excluding ortho intramolecular Hbond substituents is 1. The van der Waals surface area contributed by atoms with Crippen LogP contribution in [0.5, 0.6) is 5.75 Å². The molecule has 6 nitrogen and oxygen atoms in total. The normalized spacial score (nSPS) is 11.1. The molecule has 0 aliphatic rings. The van der Waals surface area contributed by atoms with E-state index >= 15 is 0 Å². The molecule has 0 radical (unpaired) electrons. The lowest BCUT2D eigenvalue weighted by Gasteiger charge is -2.12. The second-order valence-electron chi connectivity index (χ2n) is 5.83. The van der Waals surface area contributed by atoms with E-state index < -0.39 is 0 Å². The Kier molecular flexibility index (Phi) is 8.45. The molecule has 27 heavy (non-hydrogen) atoms. The lowest BCUT2D eigenvalue weighted by atomic mass is 10.1. The minimum atomic E-state index is -0.183. The van der Waals surface area contributed by atoms with E-state index in [1.165, 1.54) is 12.1 Å². The Balaban J connectivity index is 1.75. The topological polar surface area (TPSA) is 85.8 Å². The van der Waals surface area contributed by atoms with Gasteiger partial charge in [0.05, 0.1) is 0 Å². The molecule has 0 fully saturated rings. The second kappa shape index (κ2) is 11.1. The summed E-state index contributed by atoms with van der Waals surface area (Å²) in [5.74, 6) is 0.650. The van der Waals surface area contributed by atoms with Crippen molar-refractivity contribution in [3.63, 3.8) is 0 Å². The zero-order valence-corrected chi connectivity index (χ0v) is 16.1. The van der Waals surface area contributed by atoms with Gasteiger partial charge in [0.2, 0.25) is 0 Å². The van der Waals surface area contributed by atoms with Gasteiger partial charge in [0.25, 0.3) is 5.91 Å².